The molecule has 0 saturated carbocycles. The van der Waals surface area contributed by atoms with Crippen molar-refractivity contribution in [1.82, 2.24) is 9.47 Å². The molecule has 0 fully saturated rings. The van der Waals surface area contributed by atoms with Crippen molar-refractivity contribution < 1.29 is 4.79 Å². The van der Waals surface area contributed by atoms with Crippen LogP contribution in [0.1, 0.15) is 10.5 Å². The van der Waals surface area contributed by atoms with Gasteiger partial charge < -0.3 is 9.47 Å². The van der Waals surface area contributed by atoms with Crippen LogP contribution < -0.4 is 0 Å². The second-order valence-electron chi connectivity index (χ2n) is 3.32. The number of allylic oxidation sites excluding steroid dienone is 1. The zero-order chi connectivity index (χ0) is 11.3. The Bertz CT molecular complexity index is 410. The lowest BCUT2D eigenvalue weighted by molar-refractivity contribution is 0.103. The molecule has 4 heteroatoms. The molecule has 78 valence electrons. The van der Waals surface area contributed by atoms with E-state index in [1.165, 1.54) is 6.08 Å². The number of hydrogen-bond donors (Lipinski definition) is 0. The molecule has 1 rings (SSSR count). The van der Waals surface area contributed by atoms with Crippen LogP contribution in [0.5, 0.6) is 0 Å². The average Bonchev–Trinajstić information content (AvgIpc) is 2.63. The number of nitrogens with zero attached hydrogens (tertiary/aromatic N) is 3. The van der Waals surface area contributed by atoms with E-state index in [0.717, 1.165) is 0 Å². The standard InChI is InChI=1S/C11H13N3O/c1-13(2)8-5-11(15)10-4-3-7-14(10)9-6-12/h3-5,7-8H,9H2,1-2H3/b8-5+. The van der Waals surface area contributed by atoms with E-state index < -0.39 is 0 Å². The Morgan fingerprint density at radius 1 is 1.67 bits per heavy atom. The first kappa shape index (κ1) is 11.1. The highest BCUT2D eigenvalue weighted by atomic mass is 16.1. The number of nitriles is 1. The lowest BCUT2D eigenvalue weighted by atomic mass is 10.3. The zero-order valence-electron chi connectivity index (χ0n) is 8.84. The third-order valence-electron chi connectivity index (χ3n) is 1.85. The van der Waals surface area contributed by atoms with Gasteiger partial charge in [0, 0.05) is 32.6 Å². The van der Waals surface area contributed by atoms with Crippen molar-refractivity contribution in [3.05, 3.63) is 36.3 Å². The largest absolute Gasteiger partial charge is 0.383 e. The molecule has 0 spiro atoms. The van der Waals surface area contributed by atoms with E-state index in [2.05, 4.69) is 0 Å². The number of hydrogen-bond acceptors (Lipinski definition) is 3. The molecule has 1 heterocycles. The molecule has 4 nitrogen and oxygen atoms in total. The molecule has 1 aromatic rings. The minimum absolute atomic E-state index is 0.0936. The molecule has 0 unspecified atom stereocenters. The Labute approximate surface area is 89.0 Å². The van der Waals surface area contributed by atoms with Gasteiger partial charge in [-0.3, -0.25) is 4.79 Å². The fourth-order valence-electron chi connectivity index (χ4n) is 1.15. The molecule has 1 aromatic heterocycles. The van der Waals surface area contributed by atoms with Crippen molar-refractivity contribution in [2.75, 3.05) is 14.1 Å². The number of carbonyl (C=O) groups is 1. The van der Waals surface area contributed by atoms with Gasteiger partial charge in [0.05, 0.1) is 11.8 Å². The van der Waals surface area contributed by atoms with E-state index in [4.69, 9.17) is 5.26 Å². The molecule has 0 amide bonds. The fraction of sp³-hybridized carbons (Fsp3) is 0.273. The van der Waals surface area contributed by atoms with Gasteiger partial charge in [-0.15, -0.1) is 0 Å². The summed E-state index contributed by atoms with van der Waals surface area (Å²) < 4.78 is 1.63. The summed E-state index contributed by atoms with van der Waals surface area (Å²) in [5.41, 5.74) is 0.537. The molecule has 0 atom stereocenters. The summed E-state index contributed by atoms with van der Waals surface area (Å²) >= 11 is 0. The maximum Gasteiger partial charge on any atom is 0.203 e. The molecule has 0 aliphatic rings. The van der Waals surface area contributed by atoms with Crippen LogP contribution in [-0.4, -0.2) is 29.3 Å². The lowest BCUT2D eigenvalue weighted by Gasteiger charge is -2.04. The highest BCUT2D eigenvalue weighted by molar-refractivity contribution is 6.03. The van der Waals surface area contributed by atoms with Crippen LogP contribution in [0.4, 0.5) is 0 Å². The first-order valence-corrected chi connectivity index (χ1v) is 4.56. The summed E-state index contributed by atoms with van der Waals surface area (Å²) in [6.07, 6.45) is 4.90. The Morgan fingerprint density at radius 2 is 2.40 bits per heavy atom. The summed E-state index contributed by atoms with van der Waals surface area (Å²) in [6, 6.07) is 5.47. The Hall–Kier alpha value is -2.02. The summed E-state index contributed by atoms with van der Waals surface area (Å²) in [5, 5.41) is 8.55. The molecule has 0 aliphatic carbocycles. The Balaban J connectivity index is 2.83. The van der Waals surface area contributed by atoms with E-state index in [1.807, 2.05) is 20.2 Å². The third-order valence-corrected chi connectivity index (χ3v) is 1.85. The summed E-state index contributed by atoms with van der Waals surface area (Å²) in [5.74, 6) is -0.0936. The monoisotopic (exact) mass is 203 g/mol. The molecule has 0 bridgehead atoms. The summed E-state index contributed by atoms with van der Waals surface area (Å²) in [6.45, 7) is 0.198. The number of rotatable bonds is 4. The first-order chi connectivity index (χ1) is 7.15. The van der Waals surface area contributed by atoms with Crippen molar-refractivity contribution in [3.8, 4) is 6.07 Å². The van der Waals surface area contributed by atoms with Gasteiger partial charge in [-0.25, -0.2) is 0 Å². The molecular formula is C11H13N3O. The van der Waals surface area contributed by atoms with Gasteiger partial charge in [-0.2, -0.15) is 5.26 Å². The van der Waals surface area contributed by atoms with Crippen molar-refractivity contribution in [3.63, 3.8) is 0 Å². The molecule has 15 heavy (non-hydrogen) atoms. The Morgan fingerprint density at radius 3 is 3.00 bits per heavy atom. The minimum Gasteiger partial charge on any atom is -0.383 e. The van der Waals surface area contributed by atoms with Crippen LogP contribution in [0.3, 0.4) is 0 Å². The van der Waals surface area contributed by atoms with Gasteiger partial charge in [0.1, 0.15) is 6.54 Å². The second kappa shape index (κ2) is 5.01. The van der Waals surface area contributed by atoms with Crippen LogP contribution in [0, 0.1) is 11.3 Å². The Kier molecular flexibility index (Phi) is 3.69. The minimum atomic E-state index is -0.0936. The molecule has 0 aromatic carbocycles. The predicted octanol–water partition coefficient (Wildman–Crippen LogP) is 1.27. The van der Waals surface area contributed by atoms with Crippen LogP contribution in [-0.2, 0) is 6.54 Å². The second-order valence-corrected chi connectivity index (χ2v) is 3.32. The lowest BCUT2D eigenvalue weighted by Crippen LogP contribution is -2.07. The van der Waals surface area contributed by atoms with Crippen LogP contribution in [0.2, 0.25) is 0 Å². The van der Waals surface area contributed by atoms with Gasteiger partial charge in [-0.05, 0) is 12.1 Å². The summed E-state index contributed by atoms with van der Waals surface area (Å²) in [7, 11) is 3.69. The molecular weight excluding hydrogens is 190 g/mol. The van der Waals surface area contributed by atoms with Gasteiger partial charge >= 0.3 is 0 Å². The SMILES string of the molecule is CN(C)/C=C/C(=O)c1cccn1CC#N. The normalized spacial score (nSPS) is 10.2. The van der Waals surface area contributed by atoms with Crippen molar-refractivity contribution in [1.29, 1.82) is 5.26 Å². The number of carbonyl (C=O) groups excluding carboxylic acids is 1. The maximum atomic E-state index is 11.7. The quantitative estimate of drug-likeness (QED) is 0.547. The van der Waals surface area contributed by atoms with E-state index in [-0.39, 0.29) is 12.3 Å². The molecule has 0 radical (unpaired) electrons. The van der Waals surface area contributed by atoms with Gasteiger partial charge in [0.25, 0.3) is 0 Å². The first-order valence-electron chi connectivity index (χ1n) is 4.56. The highest BCUT2D eigenvalue weighted by Gasteiger charge is 2.06. The number of ketones is 1. The van der Waals surface area contributed by atoms with Gasteiger partial charge in [0.15, 0.2) is 0 Å². The molecule has 0 saturated heterocycles. The predicted molar refractivity (Wildman–Crippen MR) is 57.2 cm³/mol. The van der Waals surface area contributed by atoms with Crippen molar-refractivity contribution >= 4 is 5.78 Å². The van der Waals surface area contributed by atoms with Gasteiger partial charge in [0.2, 0.25) is 5.78 Å². The molecule has 0 N–H and O–H groups in total. The molecule has 0 aliphatic heterocycles. The maximum absolute atomic E-state index is 11.7. The average molecular weight is 203 g/mol. The zero-order valence-corrected chi connectivity index (χ0v) is 8.84. The topological polar surface area (TPSA) is 49.0 Å². The van der Waals surface area contributed by atoms with Crippen molar-refractivity contribution in [2.45, 2.75) is 6.54 Å². The highest BCUT2D eigenvalue weighted by Crippen LogP contribution is 2.04. The van der Waals surface area contributed by atoms with E-state index >= 15 is 0 Å². The van der Waals surface area contributed by atoms with Crippen LogP contribution in [0.15, 0.2) is 30.6 Å². The summed E-state index contributed by atoms with van der Waals surface area (Å²) in [4.78, 5) is 13.4. The van der Waals surface area contributed by atoms with E-state index in [0.29, 0.717) is 5.69 Å². The fourth-order valence-corrected chi connectivity index (χ4v) is 1.15. The van der Waals surface area contributed by atoms with Crippen LogP contribution in [0.25, 0.3) is 0 Å². The van der Waals surface area contributed by atoms with Crippen LogP contribution >= 0.6 is 0 Å². The van der Waals surface area contributed by atoms with E-state index in [1.54, 1.807) is 34.0 Å². The van der Waals surface area contributed by atoms with Crippen molar-refractivity contribution in [2.24, 2.45) is 0 Å². The van der Waals surface area contributed by atoms with Gasteiger partial charge in [-0.1, -0.05) is 0 Å². The number of aromatic nitrogens is 1. The third kappa shape index (κ3) is 2.99. The van der Waals surface area contributed by atoms with E-state index in [9.17, 15) is 4.79 Å². The smallest absolute Gasteiger partial charge is 0.203 e.